The fraction of sp³-hybridized carbons (Fsp3) is 0.647. The molecule has 36 heavy (non-hydrogen) atoms. The molecule has 2 aromatic carbocycles. The summed E-state index contributed by atoms with van der Waals surface area (Å²) in [6.07, 6.45) is 19.1. The molecule has 0 amide bonds. The van der Waals surface area contributed by atoms with Gasteiger partial charge in [-0.2, -0.15) is 0 Å². The van der Waals surface area contributed by atoms with E-state index in [1.807, 2.05) is 0 Å². The first-order chi connectivity index (χ1) is 17.7. The Morgan fingerprint density at radius 1 is 0.639 bits per heavy atom. The van der Waals surface area contributed by atoms with E-state index in [0.717, 1.165) is 17.8 Å². The van der Waals surface area contributed by atoms with Gasteiger partial charge in [-0.1, -0.05) is 81.3 Å². The zero-order valence-electron chi connectivity index (χ0n) is 22.7. The van der Waals surface area contributed by atoms with Crippen LogP contribution in [0.4, 0.5) is 11.4 Å². The van der Waals surface area contributed by atoms with Crippen LogP contribution in [0.1, 0.15) is 102 Å². The number of benzene rings is 2. The van der Waals surface area contributed by atoms with Crippen LogP contribution < -0.4 is 9.80 Å². The lowest BCUT2D eigenvalue weighted by Crippen LogP contribution is -2.55. The molecule has 4 fully saturated rings. The molecule has 0 radical (unpaired) electrons. The van der Waals surface area contributed by atoms with E-state index in [4.69, 9.17) is 0 Å². The molecular formula is C34H46N2. The standard InChI is InChI=1S/C34H46N2/c1-24-14-6-12-22-30(24)35-25(2)32-34(27-17-7-8-18-27,28-19-9-10-20-28)29-21-11-13-23-31(29)36(32)33(35)26-15-4-3-5-16-26/h6,11-14,21-23,25-28,32-33H,3-5,7-10,15-20H2,1-2H3/t25-,32?,33?/m0/s1. The maximum atomic E-state index is 3.05. The minimum atomic E-state index is 0.327. The quantitative estimate of drug-likeness (QED) is 0.430. The summed E-state index contributed by atoms with van der Waals surface area (Å²) < 4.78 is 0. The summed E-state index contributed by atoms with van der Waals surface area (Å²) in [6, 6.07) is 20.3. The second kappa shape index (κ2) is 9.10. The molecule has 1 saturated heterocycles. The van der Waals surface area contributed by atoms with E-state index in [1.165, 1.54) is 94.7 Å². The molecule has 5 aliphatic rings. The molecule has 3 saturated carbocycles. The maximum absolute atomic E-state index is 3.05. The van der Waals surface area contributed by atoms with Gasteiger partial charge in [0, 0.05) is 22.8 Å². The lowest BCUT2D eigenvalue weighted by molar-refractivity contribution is 0.139. The van der Waals surface area contributed by atoms with Crippen molar-refractivity contribution in [1.29, 1.82) is 0 Å². The predicted molar refractivity (Wildman–Crippen MR) is 152 cm³/mol. The largest absolute Gasteiger partial charge is 0.346 e. The topological polar surface area (TPSA) is 6.48 Å². The van der Waals surface area contributed by atoms with Crippen molar-refractivity contribution < 1.29 is 0 Å². The van der Waals surface area contributed by atoms with Gasteiger partial charge in [-0.25, -0.2) is 0 Å². The SMILES string of the molecule is Cc1ccccc1N1C(C2CCCCC2)N2c3ccccc3C(C3CCCC3)(C3CCCC3)C2[C@@H]1C. The number of fused-ring (bicyclic) bond motifs is 3. The van der Waals surface area contributed by atoms with Crippen molar-refractivity contribution >= 4 is 11.4 Å². The molecule has 0 bridgehead atoms. The van der Waals surface area contributed by atoms with Gasteiger partial charge in [-0.05, 0) is 93.4 Å². The van der Waals surface area contributed by atoms with Gasteiger partial charge < -0.3 is 9.80 Å². The summed E-state index contributed by atoms with van der Waals surface area (Å²) in [5.41, 5.74) is 6.64. The maximum Gasteiger partial charge on any atom is 0.105 e. The van der Waals surface area contributed by atoms with Crippen LogP contribution >= 0.6 is 0 Å². The van der Waals surface area contributed by atoms with Crippen LogP contribution in [0.15, 0.2) is 48.5 Å². The van der Waals surface area contributed by atoms with Gasteiger partial charge >= 0.3 is 0 Å². The molecule has 2 nitrogen and oxygen atoms in total. The number of anilines is 2. The van der Waals surface area contributed by atoms with Gasteiger partial charge in [0.15, 0.2) is 0 Å². The van der Waals surface area contributed by atoms with Crippen LogP contribution in [0, 0.1) is 24.7 Å². The summed E-state index contributed by atoms with van der Waals surface area (Å²) >= 11 is 0. The van der Waals surface area contributed by atoms with Gasteiger partial charge in [0.2, 0.25) is 0 Å². The molecule has 7 rings (SSSR count). The lowest BCUT2D eigenvalue weighted by Gasteiger charge is -2.48. The first kappa shape index (κ1) is 23.2. The molecule has 0 aromatic heterocycles. The number of nitrogens with zero attached hydrogens (tertiary/aromatic N) is 2. The molecule has 192 valence electrons. The summed E-state index contributed by atoms with van der Waals surface area (Å²) in [7, 11) is 0. The third-order valence-electron chi connectivity index (χ3n) is 11.4. The Bertz CT molecular complexity index is 1060. The van der Waals surface area contributed by atoms with Crippen LogP contribution in [-0.2, 0) is 5.41 Å². The second-order valence-electron chi connectivity index (χ2n) is 13.0. The van der Waals surface area contributed by atoms with E-state index in [1.54, 1.807) is 11.3 Å². The van der Waals surface area contributed by atoms with Crippen molar-refractivity contribution in [3.8, 4) is 0 Å². The number of aryl methyl sites for hydroxylation is 1. The van der Waals surface area contributed by atoms with Crippen LogP contribution in [0.2, 0.25) is 0 Å². The average molecular weight is 483 g/mol. The lowest BCUT2D eigenvalue weighted by atomic mass is 9.57. The number of para-hydroxylation sites is 2. The molecule has 3 aliphatic carbocycles. The third kappa shape index (κ3) is 3.21. The predicted octanol–water partition coefficient (Wildman–Crippen LogP) is 8.62. The van der Waals surface area contributed by atoms with Gasteiger partial charge in [0.25, 0.3) is 0 Å². The second-order valence-corrected chi connectivity index (χ2v) is 13.0. The zero-order chi connectivity index (χ0) is 24.3. The molecule has 2 aliphatic heterocycles. The van der Waals surface area contributed by atoms with E-state index in [9.17, 15) is 0 Å². The fourth-order valence-corrected chi connectivity index (χ4v) is 10.2. The van der Waals surface area contributed by atoms with Crippen molar-refractivity contribution in [3.05, 3.63) is 59.7 Å². The number of rotatable bonds is 4. The smallest absolute Gasteiger partial charge is 0.105 e. The molecule has 2 unspecified atom stereocenters. The van der Waals surface area contributed by atoms with Crippen molar-refractivity contribution in [2.45, 2.75) is 121 Å². The first-order valence-electron chi connectivity index (χ1n) is 15.4. The van der Waals surface area contributed by atoms with Crippen molar-refractivity contribution in [3.63, 3.8) is 0 Å². The Morgan fingerprint density at radius 3 is 1.83 bits per heavy atom. The van der Waals surface area contributed by atoms with Crippen molar-refractivity contribution in [1.82, 2.24) is 0 Å². The minimum absolute atomic E-state index is 0.327. The number of hydrogen-bond donors (Lipinski definition) is 0. The highest BCUT2D eigenvalue weighted by Gasteiger charge is 2.66. The minimum Gasteiger partial charge on any atom is -0.346 e. The highest BCUT2D eigenvalue weighted by molar-refractivity contribution is 5.72. The van der Waals surface area contributed by atoms with E-state index < -0.39 is 0 Å². The third-order valence-corrected chi connectivity index (χ3v) is 11.4. The summed E-state index contributed by atoms with van der Waals surface area (Å²) in [5, 5.41) is 0. The molecular weight excluding hydrogens is 436 g/mol. The van der Waals surface area contributed by atoms with Crippen LogP contribution in [-0.4, -0.2) is 18.2 Å². The highest BCUT2D eigenvalue weighted by atomic mass is 15.5. The van der Waals surface area contributed by atoms with Crippen molar-refractivity contribution in [2.75, 3.05) is 9.80 Å². The molecule has 2 heteroatoms. The van der Waals surface area contributed by atoms with Gasteiger partial charge in [-0.3, -0.25) is 0 Å². The van der Waals surface area contributed by atoms with Crippen LogP contribution in [0.25, 0.3) is 0 Å². The Morgan fingerprint density at radius 2 is 1.19 bits per heavy atom. The van der Waals surface area contributed by atoms with E-state index in [-0.39, 0.29) is 0 Å². The van der Waals surface area contributed by atoms with Gasteiger partial charge in [-0.15, -0.1) is 0 Å². The van der Waals surface area contributed by atoms with Crippen LogP contribution in [0.3, 0.4) is 0 Å². The summed E-state index contributed by atoms with van der Waals surface area (Å²) in [6.45, 7) is 4.97. The van der Waals surface area contributed by atoms with E-state index in [2.05, 4.69) is 72.2 Å². The molecule has 3 atom stereocenters. The van der Waals surface area contributed by atoms with Gasteiger partial charge in [0.1, 0.15) is 6.17 Å². The zero-order valence-corrected chi connectivity index (χ0v) is 22.7. The first-order valence-corrected chi connectivity index (χ1v) is 15.4. The average Bonchev–Trinajstić information content (AvgIpc) is 3.71. The van der Waals surface area contributed by atoms with Crippen molar-refractivity contribution in [2.24, 2.45) is 17.8 Å². The van der Waals surface area contributed by atoms with E-state index in [0.29, 0.717) is 23.7 Å². The Labute approximate surface area is 219 Å². The molecule has 2 heterocycles. The Balaban J connectivity index is 1.45. The summed E-state index contributed by atoms with van der Waals surface area (Å²) in [4.78, 5) is 6.00. The summed E-state index contributed by atoms with van der Waals surface area (Å²) in [5.74, 6) is 2.47. The normalized spacial score (nSPS) is 30.8. The van der Waals surface area contributed by atoms with Crippen LogP contribution in [0.5, 0.6) is 0 Å². The molecule has 0 spiro atoms. The fourth-order valence-electron chi connectivity index (χ4n) is 10.2. The Hall–Kier alpha value is -1.96. The highest BCUT2D eigenvalue weighted by Crippen LogP contribution is 2.65. The molecule has 0 N–H and O–H groups in total. The Kier molecular flexibility index (Phi) is 5.86. The van der Waals surface area contributed by atoms with Gasteiger partial charge in [0.05, 0.1) is 6.04 Å². The van der Waals surface area contributed by atoms with E-state index >= 15 is 0 Å². The monoisotopic (exact) mass is 482 g/mol. The molecule has 2 aromatic rings. The number of hydrogen-bond acceptors (Lipinski definition) is 2.